The van der Waals surface area contributed by atoms with Gasteiger partial charge in [-0.3, -0.25) is 0 Å². The summed E-state index contributed by atoms with van der Waals surface area (Å²) in [5, 5.41) is 0. The standard InChI is InChI=1S/C14H26N2O.C13H24N2O.C12H22N2O.C11H20N2O/c1-10(2)11-6-7-15-12(8-11)9-16(13(15)17)14(3,4)5;1-9(2)11-5-6-14-12(7-11)8-15(10(3)4)13(14)16;1-4-13-8-11-7-10(9(2)3)5-6-14(11)12(13)15;1-8(2)9-4-5-13-10(6-9)7-12(3)11(13)14/h10-12H,6-9H2,1-5H3;9-12H,5-8H2,1-4H3;9-11H,4-8H2,1-3H3;8-10H,4-7H2,1-3H3. The number of hydrogen-bond acceptors (Lipinski definition) is 4. The SMILES string of the molecule is CC(C)C1CCN2C(=O)N(C(C)(C)C)CC2C1.CC(C)C1CCN2C(=O)N(C(C)C)CC2C1.CC(C)C1CCN2C(=O)N(C)CC2C1.CCN1CC2CC(C(C)C)CCN2C1=O. The predicted molar refractivity (Wildman–Crippen MR) is 252 cm³/mol. The maximum atomic E-state index is 12.3. The Morgan fingerprint density at radius 1 is 0.484 bits per heavy atom. The molecule has 8 rings (SSSR count). The van der Waals surface area contributed by atoms with Crippen LogP contribution in [0.15, 0.2) is 0 Å². The zero-order chi connectivity index (χ0) is 46.0. The molecule has 8 unspecified atom stereocenters. The van der Waals surface area contributed by atoms with Gasteiger partial charge in [0.25, 0.3) is 0 Å². The Balaban J connectivity index is 0.000000156. The van der Waals surface area contributed by atoms with E-state index in [4.69, 9.17) is 0 Å². The Morgan fingerprint density at radius 3 is 1.23 bits per heavy atom. The van der Waals surface area contributed by atoms with Crippen molar-refractivity contribution < 1.29 is 19.2 Å². The van der Waals surface area contributed by atoms with E-state index in [0.717, 1.165) is 106 Å². The van der Waals surface area contributed by atoms with E-state index >= 15 is 0 Å². The van der Waals surface area contributed by atoms with Gasteiger partial charge in [-0.05, 0) is 140 Å². The second-order valence-electron chi connectivity index (χ2n) is 23.1. The first-order valence-electron chi connectivity index (χ1n) is 25.3. The van der Waals surface area contributed by atoms with Crippen molar-refractivity contribution in [3.05, 3.63) is 0 Å². The van der Waals surface area contributed by atoms with Crippen LogP contribution in [0.5, 0.6) is 0 Å². The van der Waals surface area contributed by atoms with Gasteiger partial charge in [-0.25, -0.2) is 19.2 Å². The maximum Gasteiger partial charge on any atom is 0.320 e. The van der Waals surface area contributed by atoms with Crippen LogP contribution in [0, 0.1) is 47.3 Å². The second-order valence-corrected chi connectivity index (χ2v) is 23.1. The van der Waals surface area contributed by atoms with Crippen molar-refractivity contribution in [1.82, 2.24) is 39.2 Å². The molecule has 8 amide bonds. The van der Waals surface area contributed by atoms with Crippen molar-refractivity contribution in [3.8, 4) is 0 Å². The third-order valence-electron chi connectivity index (χ3n) is 16.4. The Hall–Kier alpha value is -2.92. The molecule has 8 heterocycles. The van der Waals surface area contributed by atoms with Crippen LogP contribution >= 0.6 is 0 Å². The van der Waals surface area contributed by atoms with E-state index in [-0.39, 0.29) is 29.7 Å². The molecule has 0 spiro atoms. The monoisotopic (exact) mass is 869 g/mol. The number of carbonyl (C=O) groups excluding carboxylic acids is 4. The predicted octanol–water partition coefficient (Wildman–Crippen LogP) is 9.49. The van der Waals surface area contributed by atoms with E-state index in [0.29, 0.717) is 30.2 Å². The largest absolute Gasteiger partial charge is 0.326 e. The molecule has 0 aromatic heterocycles. The molecule has 8 aliphatic rings. The Bertz CT molecular complexity index is 1510. The number of likely N-dealkylation sites (N-methyl/N-ethyl adjacent to an activating group) is 2. The van der Waals surface area contributed by atoms with E-state index in [1.165, 1.54) is 51.4 Å². The number of fused-ring (bicyclic) bond motifs is 4. The van der Waals surface area contributed by atoms with Crippen molar-refractivity contribution in [2.45, 2.75) is 184 Å². The van der Waals surface area contributed by atoms with E-state index in [9.17, 15) is 19.2 Å². The van der Waals surface area contributed by atoms with Crippen LogP contribution in [0.25, 0.3) is 0 Å². The molecule has 0 aliphatic carbocycles. The fourth-order valence-electron chi connectivity index (χ4n) is 11.7. The van der Waals surface area contributed by atoms with E-state index in [1.807, 2.05) is 26.6 Å². The molecule has 0 N–H and O–H groups in total. The lowest BCUT2D eigenvalue weighted by Crippen LogP contribution is -2.45. The molecule has 356 valence electrons. The third-order valence-corrected chi connectivity index (χ3v) is 16.4. The molecule has 8 fully saturated rings. The lowest BCUT2D eigenvalue weighted by atomic mass is 9.83. The Labute approximate surface area is 378 Å². The van der Waals surface area contributed by atoms with E-state index in [1.54, 1.807) is 0 Å². The molecule has 0 bridgehead atoms. The van der Waals surface area contributed by atoms with Crippen molar-refractivity contribution in [3.63, 3.8) is 0 Å². The quantitative estimate of drug-likeness (QED) is 0.266. The van der Waals surface area contributed by atoms with Crippen LogP contribution in [0.1, 0.15) is 148 Å². The van der Waals surface area contributed by atoms with Crippen LogP contribution in [0.2, 0.25) is 0 Å². The number of piperidine rings is 4. The normalized spacial score (nSPS) is 31.1. The second kappa shape index (κ2) is 20.9. The Kier molecular flexibility index (Phi) is 16.9. The molecular formula is C50H92N8O4. The van der Waals surface area contributed by atoms with Crippen molar-refractivity contribution >= 4 is 24.1 Å². The number of hydrogen-bond donors (Lipinski definition) is 0. The van der Waals surface area contributed by atoms with Gasteiger partial charge in [-0.1, -0.05) is 55.4 Å². The smallest absolute Gasteiger partial charge is 0.320 e. The molecular weight excluding hydrogens is 777 g/mol. The molecule has 0 radical (unpaired) electrons. The molecule has 0 aromatic rings. The number of carbonyl (C=O) groups is 4. The van der Waals surface area contributed by atoms with E-state index < -0.39 is 0 Å². The Morgan fingerprint density at radius 2 is 0.839 bits per heavy atom. The fraction of sp³-hybridized carbons (Fsp3) is 0.920. The molecule has 8 atom stereocenters. The van der Waals surface area contributed by atoms with Gasteiger partial charge >= 0.3 is 24.1 Å². The molecule has 0 aromatic carbocycles. The highest BCUT2D eigenvalue weighted by Gasteiger charge is 2.46. The summed E-state index contributed by atoms with van der Waals surface area (Å²) in [6.45, 7) is 39.5. The number of urea groups is 4. The van der Waals surface area contributed by atoms with Gasteiger partial charge in [-0.15, -0.1) is 0 Å². The van der Waals surface area contributed by atoms with Gasteiger partial charge in [0, 0.05) is 77.5 Å². The zero-order valence-corrected chi connectivity index (χ0v) is 42.2. The molecule has 0 saturated carbocycles. The van der Waals surface area contributed by atoms with Crippen molar-refractivity contribution in [2.75, 3.05) is 66.0 Å². The van der Waals surface area contributed by atoms with Crippen LogP contribution in [-0.4, -0.2) is 165 Å². The van der Waals surface area contributed by atoms with Crippen molar-refractivity contribution in [1.29, 1.82) is 0 Å². The fourth-order valence-corrected chi connectivity index (χ4v) is 11.7. The summed E-state index contributed by atoms with van der Waals surface area (Å²) < 4.78 is 0. The van der Waals surface area contributed by atoms with Gasteiger partial charge in [-0.2, -0.15) is 0 Å². The molecule has 8 saturated heterocycles. The van der Waals surface area contributed by atoms with Gasteiger partial charge in [0.15, 0.2) is 0 Å². The molecule has 12 heteroatoms. The first kappa shape index (κ1) is 50.1. The average Bonchev–Trinajstić information content (AvgIpc) is 3.94. The van der Waals surface area contributed by atoms with E-state index in [2.05, 4.69) is 117 Å². The van der Waals surface area contributed by atoms with Crippen LogP contribution < -0.4 is 0 Å². The molecule has 8 aliphatic heterocycles. The summed E-state index contributed by atoms with van der Waals surface area (Å²) in [6, 6.07) is 3.30. The first-order valence-corrected chi connectivity index (χ1v) is 25.3. The summed E-state index contributed by atoms with van der Waals surface area (Å²) in [4.78, 5) is 64.2. The average molecular weight is 869 g/mol. The number of rotatable bonds is 6. The number of nitrogens with zero attached hydrogens (tertiary/aromatic N) is 8. The zero-order valence-electron chi connectivity index (χ0n) is 42.2. The molecule has 62 heavy (non-hydrogen) atoms. The van der Waals surface area contributed by atoms with Gasteiger partial charge < -0.3 is 39.2 Å². The lowest BCUT2D eigenvalue weighted by molar-refractivity contribution is 0.136. The maximum absolute atomic E-state index is 12.3. The summed E-state index contributed by atoms with van der Waals surface area (Å²) >= 11 is 0. The van der Waals surface area contributed by atoms with Crippen LogP contribution in [-0.2, 0) is 0 Å². The number of amides is 8. The minimum Gasteiger partial charge on any atom is -0.326 e. The highest BCUT2D eigenvalue weighted by atomic mass is 16.2. The van der Waals surface area contributed by atoms with Gasteiger partial charge in [0.2, 0.25) is 0 Å². The van der Waals surface area contributed by atoms with Crippen LogP contribution in [0.3, 0.4) is 0 Å². The van der Waals surface area contributed by atoms with Gasteiger partial charge in [0.05, 0.1) is 24.2 Å². The third kappa shape index (κ3) is 11.5. The minimum absolute atomic E-state index is 0.0399. The topological polar surface area (TPSA) is 94.2 Å². The van der Waals surface area contributed by atoms with Crippen molar-refractivity contribution in [2.24, 2.45) is 47.3 Å². The minimum atomic E-state index is -0.0399. The highest BCUT2D eigenvalue weighted by molar-refractivity contribution is 5.79. The van der Waals surface area contributed by atoms with Crippen LogP contribution in [0.4, 0.5) is 19.2 Å². The summed E-state index contributed by atoms with van der Waals surface area (Å²) in [6.07, 6.45) is 9.55. The summed E-state index contributed by atoms with van der Waals surface area (Å²) in [5.41, 5.74) is -0.0399. The lowest BCUT2D eigenvalue weighted by Gasteiger charge is -2.35. The first-order chi connectivity index (χ1) is 29.0. The molecule has 12 nitrogen and oxygen atoms in total. The summed E-state index contributed by atoms with van der Waals surface area (Å²) in [7, 11) is 1.91. The highest BCUT2D eigenvalue weighted by Crippen LogP contribution is 2.37. The summed E-state index contributed by atoms with van der Waals surface area (Å²) in [5.74, 6) is 6.26. The van der Waals surface area contributed by atoms with Gasteiger partial charge in [0.1, 0.15) is 0 Å².